The van der Waals surface area contributed by atoms with Crippen molar-refractivity contribution in [3.63, 3.8) is 0 Å². The van der Waals surface area contributed by atoms with Crippen LogP contribution in [0.25, 0.3) is 10.8 Å². The monoisotopic (exact) mass is 210 g/mol. The molecule has 3 rings (SSSR count). The lowest BCUT2D eigenvalue weighted by molar-refractivity contribution is 0.0972. The van der Waals surface area contributed by atoms with Gasteiger partial charge in [-0.25, -0.2) is 0 Å². The summed E-state index contributed by atoms with van der Waals surface area (Å²) in [4.78, 5) is 11.8. The summed E-state index contributed by atoms with van der Waals surface area (Å²) in [7, 11) is 0. The zero-order chi connectivity index (χ0) is 11.1. The summed E-state index contributed by atoms with van der Waals surface area (Å²) in [6.07, 6.45) is 2.76. The molecule has 0 spiro atoms. The van der Waals surface area contributed by atoms with Gasteiger partial charge in [-0.1, -0.05) is 29.8 Å². The van der Waals surface area contributed by atoms with E-state index in [1.54, 1.807) is 0 Å². The van der Waals surface area contributed by atoms with Crippen molar-refractivity contribution >= 4 is 16.6 Å². The highest BCUT2D eigenvalue weighted by atomic mass is 16.1. The van der Waals surface area contributed by atoms with Crippen LogP contribution in [0, 0.1) is 6.92 Å². The van der Waals surface area contributed by atoms with Crippen LogP contribution in [0.15, 0.2) is 30.3 Å². The number of fused-ring (bicyclic) bond motifs is 2. The summed E-state index contributed by atoms with van der Waals surface area (Å²) in [5.41, 5.74) is 3.45. The molecule has 16 heavy (non-hydrogen) atoms. The van der Waals surface area contributed by atoms with E-state index < -0.39 is 0 Å². The average molecular weight is 210 g/mol. The summed E-state index contributed by atoms with van der Waals surface area (Å²) in [6.45, 7) is 2.10. The van der Waals surface area contributed by atoms with E-state index in [0.717, 1.165) is 18.4 Å². The molecule has 1 nitrogen and oxygen atoms in total. The van der Waals surface area contributed by atoms with Gasteiger partial charge in [-0.15, -0.1) is 0 Å². The van der Waals surface area contributed by atoms with Crippen molar-refractivity contribution in [3.8, 4) is 0 Å². The molecule has 0 atom stereocenters. The molecule has 0 heterocycles. The third-order valence-electron chi connectivity index (χ3n) is 3.37. The molecule has 1 aliphatic carbocycles. The Hall–Kier alpha value is -1.63. The fourth-order valence-corrected chi connectivity index (χ4v) is 2.50. The van der Waals surface area contributed by atoms with Crippen LogP contribution >= 0.6 is 0 Å². The molecule has 1 aliphatic rings. The van der Waals surface area contributed by atoms with Crippen molar-refractivity contribution in [2.24, 2.45) is 0 Å². The van der Waals surface area contributed by atoms with Gasteiger partial charge in [0.2, 0.25) is 0 Å². The highest BCUT2D eigenvalue weighted by molar-refractivity contribution is 6.02. The Balaban J connectivity index is 2.30. The Kier molecular flexibility index (Phi) is 2.06. The van der Waals surface area contributed by atoms with Crippen LogP contribution in [-0.4, -0.2) is 5.78 Å². The molecule has 0 bridgehead atoms. The van der Waals surface area contributed by atoms with Gasteiger partial charge in [0.05, 0.1) is 0 Å². The van der Waals surface area contributed by atoms with Gasteiger partial charge < -0.3 is 0 Å². The lowest BCUT2D eigenvalue weighted by atomic mass is 9.88. The van der Waals surface area contributed by atoms with Crippen LogP contribution in [0.1, 0.15) is 34.3 Å². The zero-order valence-corrected chi connectivity index (χ0v) is 9.42. The molecule has 1 heteroatoms. The van der Waals surface area contributed by atoms with Crippen LogP contribution in [0.2, 0.25) is 0 Å². The molecule has 0 saturated carbocycles. The van der Waals surface area contributed by atoms with Crippen LogP contribution in [0.5, 0.6) is 0 Å². The molecule has 0 amide bonds. The summed E-state index contributed by atoms with van der Waals surface area (Å²) in [6, 6.07) is 10.6. The largest absolute Gasteiger partial charge is 0.294 e. The van der Waals surface area contributed by atoms with E-state index in [1.165, 1.54) is 21.9 Å². The normalized spacial score (nSPS) is 15.2. The molecular formula is C15H14O. The highest BCUT2D eigenvalue weighted by Gasteiger charge is 2.17. The Labute approximate surface area is 95.1 Å². The molecular weight excluding hydrogens is 196 g/mol. The molecule has 0 N–H and O–H groups in total. The van der Waals surface area contributed by atoms with Gasteiger partial charge >= 0.3 is 0 Å². The maximum Gasteiger partial charge on any atom is 0.163 e. The van der Waals surface area contributed by atoms with Crippen molar-refractivity contribution in [1.29, 1.82) is 0 Å². The first-order chi connectivity index (χ1) is 7.74. The Morgan fingerprint density at radius 2 is 1.88 bits per heavy atom. The topological polar surface area (TPSA) is 17.1 Å². The number of benzene rings is 2. The first-order valence-electron chi connectivity index (χ1n) is 5.80. The number of hydrogen-bond donors (Lipinski definition) is 0. The maximum absolute atomic E-state index is 11.8. The van der Waals surface area contributed by atoms with Gasteiger partial charge in [0, 0.05) is 12.0 Å². The number of rotatable bonds is 0. The van der Waals surface area contributed by atoms with E-state index in [-0.39, 0.29) is 0 Å². The van der Waals surface area contributed by atoms with Crippen LogP contribution < -0.4 is 0 Å². The van der Waals surface area contributed by atoms with E-state index in [4.69, 9.17) is 0 Å². The van der Waals surface area contributed by atoms with Crippen LogP contribution in [-0.2, 0) is 6.42 Å². The second kappa shape index (κ2) is 3.44. The van der Waals surface area contributed by atoms with Crippen LogP contribution in [0.3, 0.4) is 0 Å². The predicted octanol–water partition coefficient (Wildman–Crippen LogP) is 3.67. The third-order valence-corrected chi connectivity index (χ3v) is 3.37. The minimum absolute atomic E-state index is 0.309. The van der Waals surface area contributed by atoms with Gasteiger partial charge in [-0.2, -0.15) is 0 Å². The predicted molar refractivity (Wildman–Crippen MR) is 66.0 cm³/mol. The molecule has 0 aromatic heterocycles. The van der Waals surface area contributed by atoms with Gasteiger partial charge in [0.15, 0.2) is 5.78 Å². The molecule has 0 aliphatic heterocycles. The Morgan fingerprint density at radius 1 is 1.00 bits per heavy atom. The number of carbonyl (C=O) groups excluding carboxylic acids is 1. The lowest BCUT2D eigenvalue weighted by Crippen LogP contribution is -2.10. The molecule has 0 fully saturated rings. The third kappa shape index (κ3) is 1.44. The van der Waals surface area contributed by atoms with Gasteiger partial charge in [0.1, 0.15) is 0 Å². The van der Waals surface area contributed by atoms with E-state index in [9.17, 15) is 4.79 Å². The number of aryl methyl sites for hydroxylation is 2. The second-order valence-corrected chi connectivity index (χ2v) is 4.64. The SMILES string of the molecule is Cc1ccc2cc3c(cc2c1)CCCC3=O. The standard InChI is InChI=1S/C15H14O/c1-10-5-6-11-9-14-12(8-13(11)7-10)3-2-4-15(14)16/h5-9H,2-4H2,1H3. The van der Waals surface area contributed by atoms with Crippen LogP contribution in [0.4, 0.5) is 0 Å². The van der Waals surface area contributed by atoms with Gasteiger partial charge in [-0.05, 0) is 42.2 Å². The van der Waals surface area contributed by atoms with E-state index in [2.05, 4.69) is 37.3 Å². The van der Waals surface area contributed by atoms with E-state index >= 15 is 0 Å². The smallest absolute Gasteiger partial charge is 0.163 e. The molecule has 80 valence electrons. The quantitative estimate of drug-likeness (QED) is 0.648. The second-order valence-electron chi connectivity index (χ2n) is 4.64. The molecule has 0 radical (unpaired) electrons. The first-order valence-corrected chi connectivity index (χ1v) is 5.80. The van der Waals surface area contributed by atoms with Crippen molar-refractivity contribution < 1.29 is 4.79 Å². The number of hydrogen-bond acceptors (Lipinski definition) is 1. The number of ketones is 1. The average Bonchev–Trinajstić information content (AvgIpc) is 2.27. The van der Waals surface area contributed by atoms with Crippen molar-refractivity contribution in [2.75, 3.05) is 0 Å². The zero-order valence-electron chi connectivity index (χ0n) is 9.42. The fourth-order valence-electron chi connectivity index (χ4n) is 2.50. The van der Waals surface area contributed by atoms with Crippen molar-refractivity contribution in [1.82, 2.24) is 0 Å². The Morgan fingerprint density at radius 3 is 2.75 bits per heavy atom. The molecule has 0 saturated heterocycles. The fraction of sp³-hybridized carbons (Fsp3) is 0.267. The molecule has 2 aromatic rings. The highest BCUT2D eigenvalue weighted by Crippen LogP contribution is 2.27. The van der Waals surface area contributed by atoms with Gasteiger partial charge in [0.25, 0.3) is 0 Å². The minimum Gasteiger partial charge on any atom is -0.294 e. The van der Waals surface area contributed by atoms with E-state index in [0.29, 0.717) is 12.2 Å². The van der Waals surface area contributed by atoms with E-state index in [1.807, 2.05) is 0 Å². The number of carbonyl (C=O) groups is 1. The number of Topliss-reactive ketones (excluding diaryl/α,β-unsaturated/α-hetero) is 1. The summed E-state index contributed by atoms with van der Waals surface area (Å²) in [5, 5.41) is 2.44. The lowest BCUT2D eigenvalue weighted by Gasteiger charge is -2.15. The van der Waals surface area contributed by atoms with Crippen molar-refractivity contribution in [2.45, 2.75) is 26.2 Å². The Bertz CT molecular complexity index is 581. The molecule has 2 aromatic carbocycles. The first kappa shape index (κ1) is 9.59. The van der Waals surface area contributed by atoms with Gasteiger partial charge in [-0.3, -0.25) is 4.79 Å². The molecule has 0 unspecified atom stereocenters. The summed E-state index contributed by atoms with van der Waals surface area (Å²) in [5.74, 6) is 0.309. The summed E-state index contributed by atoms with van der Waals surface area (Å²) < 4.78 is 0. The maximum atomic E-state index is 11.8. The minimum atomic E-state index is 0.309. The van der Waals surface area contributed by atoms with Crippen molar-refractivity contribution in [3.05, 3.63) is 47.0 Å². The summed E-state index contributed by atoms with van der Waals surface area (Å²) >= 11 is 0.